The maximum atomic E-state index is 11.9. The zero-order chi connectivity index (χ0) is 20.4. The lowest BCUT2D eigenvalue weighted by Gasteiger charge is -2.12. The van der Waals surface area contributed by atoms with E-state index in [4.69, 9.17) is 27.5 Å². The number of carbonyl (C=O) groups is 1. The molecule has 0 aliphatic carbocycles. The number of nitrogens with zero attached hydrogens (tertiary/aromatic N) is 1. The highest BCUT2D eigenvalue weighted by Crippen LogP contribution is 2.36. The predicted molar refractivity (Wildman–Crippen MR) is 120 cm³/mol. The molecule has 0 aliphatic rings. The first-order valence-corrected chi connectivity index (χ1v) is 9.83. The molecular weight excluding hydrogens is 493 g/mol. The molecule has 0 aromatic heterocycles. The number of ether oxygens (including phenoxy) is 2. The Balaban J connectivity index is 1.96. The van der Waals surface area contributed by atoms with Gasteiger partial charge in [0.05, 0.1) is 24.4 Å². The van der Waals surface area contributed by atoms with Crippen molar-refractivity contribution >= 4 is 52.0 Å². The first-order valence-electron chi connectivity index (χ1n) is 8.37. The number of rotatable bonds is 9. The van der Waals surface area contributed by atoms with Gasteiger partial charge in [0.2, 0.25) is 0 Å². The topological polar surface area (TPSA) is 72.0 Å². The lowest BCUT2D eigenvalue weighted by molar-refractivity contribution is -0.119. The second-order valence-corrected chi connectivity index (χ2v) is 7.06. The van der Waals surface area contributed by atoms with Gasteiger partial charge in [0, 0.05) is 9.26 Å². The van der Waals surface area contributed by atoms with Gasteiger partial charge in [-0.05, 0) is 71.5 Å². The second kappa shape index (κ2) is 11.4. The van der Waals surface area contributed by atoms with Crippen LogP contribution in [-0.2, 0) is 4.79 Å². The van der Waals surface area contributed by atoms with E-state index in [0.29, 0.717) is 28.7 Å². The normalized spacial score (nSPS) is 10.4. The number of terminal acetylenes is 1. The van der Waals surface area contributed by atoms with Crippen molar-refractivity contribution in [1.82, 2.24) is 5.43 Å². The highest BCUT2D eigenvalue weighted by molar-refractivity contribution is 14.1. The summed E-state index contributed by atoms with van der Waals surface area (Å²) in [6.07, 6.45) is 6.69. The van der Waals surface area contributed by atoms with E-state index in [1.165, 1.54) is 6.21 Å². The van der Waals surface area contributed by atoms with Gasteiger partial charge < -0.3 is 14.8 Å². The number of benzene rings is 2. The molecule has 0 atom stereocenters. The highest BCUT2D eigenvalue weighted by Gasteiger charge is 2.12. The summed E-state index contributed by atoms with van der Waals surface area (Å²) >= 11 is 8.46. The summed E-state index contributed by atoms with van der Waals surface area (Å²) in [6.45, 7) is 2.46. The van der Waals surface area contributed by atoms with Crippen LogP contribution in [0.2, 0.25) is 5.02 Å². The summed E-state index contributed by atoms with van der Waals surface area (Å²) in [5.74, 6) is 2.94. The fraction of sp³-hybridized carbons (Fsp3) is 0.200. The minimum atomic E-state index is -0.278. The average molecular weight is 512 g/mol. The number of amides is 1. The van der Waals surface area contributed by atoms with E-state index in [9.17, 15) is 4.79 Å². The van der Waals surface area contributed by atoms with Crippen molar-refractivity contribution in [2.24, 2.45) is 5.10 Å². The van der Waals surface area contributed by atoms with Crippen molar-refractivity contribution in [3.63, 3.8) is 0 Å². The molecule has 146 valence electrons. The van der Waals surface area contributed by atoms with Gasteiger partial charge >= 0.3 is 0 Å². The third-order valence-electron chi connectivity index (χ3n) is 3.33. The zero-order valence-corrected chi connectivity index (χ0v) is 18.1. The number of hydrazone groups is 1. The molecule has 8 heteroatoms. The van der Waals surface area contributed by atoms with Crippen molar-refractivity contribution in [3.05, 3.63) is 50.6 Å². The Morgan fingerprint density at radius 3 is 2.75 bits per heavy atom. The van der Waals surface area contributed by atoms with E-state index in [0.717, 1.165) is 9.26 Å². The largest absolute Gasteiger partial charge is 0.490 e. The van der Waals surface area contributed by atoms with Crippen molar-refractivity contribution in [2.45, 2.75) is 6.92 Å². The SMILES string of the molecule is C#CCOc1c(Cl)cc(/C=N\NC(=O)CNc2ccc(I)cc2)cc1OCC. The standard InChI is InChI=1S/C20H19ClIN3O3/c1-3-9-28-20-17(21)10-14(11-18(20)27-4-2)12-24-25-19(26)13-23-16-7-5-15(22)6-8-16/h1,5-8,10-12,23H,4,9,13H2,2H3,(H,25,26)/b24-12-. The zero-order valence-electron chi connectivity index (χ0n) is 15.2. The second-order valence-electron chi connectivity index (χ2n) is 5.41. The lowest BCUT2D eigenvalue weighted by atomic mass is 10.2. The molecule has 0 aliphatic heterocycles. The van der Waals surface area contributed by atoms with Crippen LogP contribution in [0.5, 0.6) is 11.5 Å². The molecule has 28 heavy (non-hydrogen) atoms. The van der Waals surface area contributed by atoms with Crippen LogP contribution in [0.25, 0.3) is 0 Å². The summed E-state index contributed by atoms with van der Waals surface area (Å²) in [7, 11) is 0. The third kappa shape index (κ3) is 6.94. The summed E-state index contributed by atoms with van der Waals surface area (Å²) in [4.78, 5) is 11.9. The Bertz CT molecular complexity index is 880. The van der Waals surface area contributed by atoms with E-state index in [1.54, 1.807) is 12.1 Å². The summed E-state index contributed by atoms with van der Waals surface area (Å²) in [5, 5.41) is 7.31. The monoisotopic (exact) mass is 511 g/mol. The number of halogens is 2. The summed E-state index contributed by atoms with van der Waals surface area (Å²) < 4.78 is 12.1. The molecule has 2 rings (SSSR count). The van der Waals surface area contributed by atoms with Gasteiger partial charge in [0.15, 0.2) is 11.5 Å². The molecule has 0 fully saturated rings. The van der Waals surface area contributed by atoms with E-state index in [-0.39, 0.29) is 19.1 Å². The average Bonchev–Trinajstić information content (AvgIpc) is 2.67. The van der Waals surface area contributed by atoms with Crippen LogP contribution in [0.3, 0.4) is 0 Å². The quantitative estimate of drug-likeness (QED) is 0.232. The van der Waals surface area contributed by atoms with E-state index < -0.39 is 0 Å². The number of hydrogen-bond acceptors (Lipinski definition) is 5. The van der Waals surface area contributed by atoms with Crippen LogP contribution >= 0.6 is 34.2 Å². The van der Waals surface area contributed by atoms with Gasteiger partial charge in [-0.1, -0.05) is 17.5 Å². The van der Waals surface area contributed by atoms with Crippen LogP contribution in [0.1, 0.15) is 12.5 Å². The molecule has 0 heterocycles. The molecule has 2 aromatic carbocycles. The van der Waals surface area contributed by atoms with Crippen LogP contribution in [0, 0.1) is 15.9 Å². The predicted octanol–water partition coefficient (Wildman–Crippen LogP) is 3.92. The fourth-order valence-electron chi connectivity index (χ4n) is 2.15. The summed E-state index contributed by atoms with van der Waals surface area (Å²) in [6, 6.07) is 11.1. The van der Waals surface area contributed by atoms with Crippen molar-refractivity contribution in [3.8, 4) is 23.8 Å². The van der Waals surface area contributed by atoms with Crippen LogP contribution in [-0.4, -0.2) is 31.9 Å². The molecule has 1 amide bonds. The molecule has 2 N–H and O–H groups in total. The van der Waals surface area contributed by atoms with Crippen LogP contribution in [0.15, 0.2) is 41.5 Å². The molecule has 2 aromatic rings. The third-order valence-corrected chi connectivity index (χ3v) is 4.33. The molecule has 0 saturated heterocycles. The molecular formula is C20H19ClIN3O3. The van der Waals surface area contributed by atoms with Gasteiger partial charge in [-0.2, -0.15) is 5.10 Å². The van der Waals surface area contributed by atoms with E-state index in [1.807, 2.05) is 31.2 Å². The van der Waals surface area contributed by atoms with Crippen molar-refractivity contribution in [1.29, 1.82) is 0 Å². The molecule has 0 radical (unpaired) electrons. The first kappa shape index (κ1) is 21.9. The number of anilines is 1. The Kier molecular flexibility index (Phi) is 8.91. The molecule has 0 saturated carbocycles. The highest BCUT2D eigenvalue weighted by atomic mass is 127. The van der Waals surface area contributed by atoms with Crippen molar-refractivity contribution in [2.75, 3.05) is 25.1 Å². The maximum Gasteiger partial charge on any atom is 0.259 e. The van der Waals surface area contributed by atoms with Crippen molar-refractivity contribution < 1.29 is 14.3 Å². The molecule has 6 nitrogen and oxygen atoms in total. The smallest absolute Gasteiger partial charge is 0.259 e. The van der Waals surface area contributed by atoms with Gasteiger partial charge in [-0.15, -0.1) is 6.42 Å². The first-order chi connectivity index (χ1) is 13.5. The Labute approximate surface area is 182 Å². The van der Waals surface area contributed by atoms with Crippen LogP contribution < -0.4 is 20.2 Å². The summed E-state index contributed by atoms with van der Waals surface area (Å²) in [5.41, 5.74) is 3.96. The Morgan fingerprint density at radius 1 is 1.32 bits per heavy atom. The Morgan fingerprint density at radius 2 is 2.07 bits per heavy atom. The van der Waals surface area contributed by atoms with Gasteiger partial charge in [0.1, 0.15) is 6.61 Å². The maximum absolute atomic E-state index is 11.9. The van der Waals surface area contributed by atoms with Crippen LogP contribution in [0.4, 0.5) is 5.69 Å². The number of nitrogens with one attached hydrogen (secondary N) is 2. The lowest BCUT2D eigenvalue weighted by Crippen LogP contribution is -2.25. The minimum absolute atomic E-state index is 0.0802. The molecule has 0 unspecified atom stereocenters. The van der Waals surface area contributed by atoms with E-state index in [2.05, 4.69) is 44.4 Å². The number of hydrogen-bond donors (Lipinski definition) is 2. The minimum Gasteiger partial charge on any atom is -0.490 e. The van der Waals surface area contributed by atoms with Gasteiger partial charge in [-0.3, -0.25) is 4.79 Å². The Hall–Kier alpha value is -2.44. The van der Waals surface area contributed by atoms with Gasteiger partial charge in [-0.25, -0.2) is 5.43 Å². The van der Waals surface area contributed by atoms with Gasteiger partial charge in [0.25, 0.3) is 5.91 Å². The molecule has 0 bridgehead atoms. The molecule has 0 spiro atoms. The van der Waals surface area contributed by atoms with E-state index >= 15 is 0 Å². The fourth-order valence-corrected chi connectivity index (χ4v) is 2.78. The number of carbonyl (C=O) groups excluding carboxylic acids is 1.